The van der Waals surface area contributed by atoms with Crippen LogP contribution in [-0.2, 0) is 0 Å². The van der Waals surface area contributed by atoms with E-state index in [0.717, 1.165) is 66.3 Å². The minimum absolute atomic E-state index is 0.146. The molecular formula is C21H25ClN6O. The number of aliphatic hydroxyl groups is 1. The van der Waals surface area contributed by atoms with Crippen LogP contribution in [0.5, 0.6) is 0 Å². The zero-order chi connectivity index (χ0) is 19.5. The van der Waals surface area contributed by atoms with Crippen LogP contribution in [0.15, 0.2) is 30.7 Å². The Morgan fingerprint density at radius 2 is 1.79 bits per heavy atom. The van der Waals surface area contributed by atoms with Gasteiger partial charge in [-0.25, -0.2) is 4.68 Å². The van der Waals surface area contributed by atoms with Crippen molar-refractivity contribution in [1.82, 2.24) is 24.5 Å². The fourth-order valence-electron chi connectivity index (χ4n) is 4.64. The number of nitrogens with zero attached hydrogens (tertiary/aromatic N) is 6. The van der Waals surface area contributed by atoms with E-state index in [2.05, 4.69) is 32.3 Å². The summed E-state index contributed by atoms with van der Waals surface area (Å²) in [6.45, 7) is 3.76. The van der Waals surface area contributed by atoms with Gasteiger partial charge >= 0.3 is 0 Å². The summed E-state index contributed by atoms with van der Waals surface area (Å²) in [5.74, 6) is 0. The molecular weight excluding hydrogens is 388 g/mol. The van der Waals surface area contributed by atoms with Gasteiger partial charge in [0.05, 0.1) is 47.0 Å². The molecule has 0 spiro atoms. The van der Waals surface area contributed by atoms with E-state index in [1.165, 1.54) is 12.8 Å². The third kappa shape index (κ3) is 3.03. The molecule has 1 N–H and O–H groups in total. The number of rotatable bonds is 4. The average molecular weight is 413 g/mol. The van der Waals surface area contributed by atoms with Crippen LogP contribution in [0.4, 0.5) is 5.69 Å². The zero-order valence-electron chi connectivity index (χ0n) is 16.3. The van der Waals surface area contributed by atoms with E-state index < -0.39 is 0 Å². The number of aromatic nitrogens is 4. The van der Waals surface area contributed by atoms with Crippen LogP contribution >= 0.6 is 11.6 Å². The number of fused-ring (bicyclic) bond motifs is 1. The molecule has 0 radical (unpaired) electrons. The Kier molecular flexibility index (Phi) is 4.11. The van der Waals surface area contributed by atoms with Crippen LogP contribution in [0.2, 0.25) is 5.02 Å². The summed E-state index contributed by atoms with van der Waals surface area (Å²) in [6, 6.07) is 5.08. The molecule has 2 atom stereocenters. The summed E-state index contributed by atoms with van der Waals surface area (Å²) in [7, 11) is 0. The summed E-state index contributed by atoms with van der Waals surface area (Å²) in [5.41, 5.74) is 3.10. The van der Waals surface area contributed by atoms with Gasteiger partial charge in [-0.1, -0.05) is 11.6 Å². The van der Waals surface area contributed by atoms with Gasteiger partial charge in [-0.15, -0.1) is 0 Å². The highest BCUT2D eigenvalue weighted by molar-refractivity contribution is 6.34. The van der Waals surface area contributed by atoms with E-state index in [0.29, 0.717) is 12.1 Å². The first kappa shape index (κ1) is 17.7. The lowest BCUT2D eigenvalue weighted by molar-refractivity contribution is -0.0229. The summed E-state index contributed by atoms with van der Waals surface area (Å²) >= 11 is 6.66. The number of hydrogen-bond acceptors (Lipinski definition) is 5. The number of halogens is 1. The Morgan fingerprint density at radius 1 is 0.966 bits per heavy atom. The molecule has 8 heteroatoms. The standard InChI is InChI=1S/C21H25ClN6O/c22-17-9-14-11-24-28(16-12-23-27(13-16)15-1-2-15)19(14)10-20(17)26-7-5-25(6-8-26)18-3-4-21(18)29/h9-13,15,18,21,29H,1-8H2/t18-,21-/m0/s1. The maximum Gasteiger partial charge on any atom is 0.103 e. The second kappa shape index (κ2) is 6.72. The van der Waals surface area contributed by atoms with Crippen LogP contribution in [-0.4, -0.2) is 67.9 Å². The molecule has 1 saturated heterocycles. The zero-order valence-corrected chi connectivity index (χ0v) is 17.0. The maximum absolute atomic E-state index is 9.97. The molecule has 0 unspecified atom stereocenters. The fourth-order valence-corrected chi connectivity index (χ4v) is 4.94. The number of benzene rings is 1. The summed E-state index contributed by atoms with van der Waals surface area (Å²) in [6.07, 6.45) is 10.2. The quantitative estimate of drug-likeness (QED) is 0.714. The molecule has 0 bridgehead atoms. The van der Waals surface area contributed by atoms with Crippen molar-refractivity contribution in [3.05, 3.63) is 35.7 Å². The lowest BCUT2D eigenvalue weighted by atomic mass is 9.87. The van der Waals surface area contributed by atoms with Crippen molar-refractivity contribution in [2.75, 3.05) is 31.1 Å². The predicted octanol–water partition coefficient (Wildman–Crippen LogP) is 2.86. The second-order valence-electron chi connectivity index (χ2n) is 8.56. The lowest BCUT2D eigenvalue weighted by Crippen LogP contribution is -2.57. The van der Waals surface area contributed by atoms with Crippen molar-refractivity contribution < 1.29 is 5.11 Å². The first-order valence-corrected chi connectivity index (χ1v) is 10.9. The van der Waals surface area contributed by atoms with Crippen molar-refractivity contribution in [3.8, 4) is 5.69 Å². The van der Waals surface area contributed by atoms with Crippen molar-refractivity contribution in [3.63, 3.8) is 0 Å². The van der Waals surface area contributed by atoms with Crippen molar-refractivity contribution in [2.24, 2.45) is 0 Å². The third-order valence-corrected chi connectivity index (χ3v) is 7.02. The molecule has 1 aliphatic heterocycles. The Bertz CT molecular complexity index is 1050. The molecule has 3 aliphatic rings. The van der Waals surface area contributed by atoms with Crippen LogP contribution < -0.4 is 4.90 Å². The molecule has 2 aromatic heterocycles. The smallest absolute Gasteiger partial charge is 0.103 e. The van der Waals surface area contributed by atoms with E-state index in [-0.39, 0.29) is 6.10 Å². The predicted molar refractivity (Wildman–Crippen MR) is 113 cm³/mol. The van der Waals surface area contributed by atoms with Gasteiger partial charge in [0.25, 0.3) is 0 Å². The topological polar surface area (TPSA) is 62.4 Å². The van der Waals surface area contributed by atoms with E-state index in [9.17, 15) is 5.11 Å². The third-order valence-electron chi connectivity index (χ3n) is 6.72. The van der Waals surface area contributed by atoms with Crippen LogP contribution in [0.3, 0.4) is 0 Å². The Balaban J connectivity index is 1.28. The molecule has 2 aliphatic carbocycles. The van der Waals surface area contributed by atoms with Gasteiger partial charge in [0.15, 0.2) is 0 Å². The number of anilines is 1. The molecule has 2 saturated carbocycles. The van der Waals surface area contributed by atoms with E-state index in [1.54, 1.807) is 0 Å². The van der Waals surface area contributed by atoms with Gasteiger partial charge in [0, 0.05) is 37.6 Å². The van der Waals surface area contributed by atoms with Gasteiger partial charge in [0.1, 0.15) is 5.69 Å². The van der Waals surface area contributed by atoms with E-state index in [4.69, 9.17) is 11.6 Å². The van der Waals surface area contributed by atoms with Crippen LogP contribution in [0.25, 0.3) is 16.6 Å². The van der Waals surface area contributed by atoms with Crippen molar-refractivity contribution in [2.45, 2.75) is 43.9 Å². The molecule has 6 rings (SSSR count). The maximum atomic E-state index is 9.97. The van der Waals surface area contributed by atoms with Crippen LogP contribution in [0.1, 0.15) is 31.7 Å². The average Bonchev–Trinajstić information content (AvgIpc) is 3.31. The summed E-state index contributed by atoms with van der Waals surface area (Å²) < 4.78 is 4.01. The molecule has 1 aromatic carbocycles. The monoisotopic (exact) mass is 412 g/mol. The van der Waals surface area contributed by atoms with Gasteiger partial charge in [-0.3, -0.25) is 9.58 Å². The highest BCUT2D eigenvalue weighted by Gasteiger charge is 2.35. The number of hydrogen-bond donors (Lipinski definition) is 1. The molecule has 29 heavy (non-hydrogen) atoms. The van der Waals surface area contributed by atoms with Gasteiger partial charge < -0.3 is 10.0 Å². The Morgan fingerprint density at radius 3 is 2.48 bits per heavy atom. The second-order valence-corrected chi connectivity index (χ2v) is 8.97. The highest BCUT2D eigenvalue weighted by Crippen LogP contribution is 2.36. The first-order valence-electron chi connectivity index (χ1n) is 10.6. The van der Waals surface area contributed by atoms with E-state index >= 15 is 0 Å². The lowest BCUT2D eigenvalue weighted by Gasteiger charge is -2.46. The van der Waals surface area contributed by atoms with E-state index in [1.807, 2.05) is 27.8 Å². The Hall–Kier alpha value is -2.09. The first-order chi connectivity index (χ1) is 14.2. The SMILES string of the molecule is O[C@H]1CC[C@@H]1N1CCN(c2cc3c(cnn3-c3cnn(C4CC4)c3)cc2Cl)CC1. The minimum atomic E-state index is -0.146. The fraction of sp³-hybridized carbons (Fsp3) is 0.524. The minimum Gasteiger partial charge on any atom is -0.391 e. The van der Waals surface area contributed by atoms with Crippen LogP contribution in [0, 0.1) is 0 Å². The largest absolute Gasteiger partial charge is 0.391 e. The number of piperazine rings is 1. The molecule has 3 fully saturated rings. The molecule has 3 heterocycles. The molecule has 3 aromatic rings. The molecule has 7 nitrogen and oxygen atoms in total. The highest BCUT2D eigenvalue weighted by atomic mass is 35.5. The Labute approximate surface area is 174 Å². The van der Waals surface area contributed by atoms with Crippen molar-refractivity contribution >= 4 is 28.2 Å². The van der Waals surface area contributed by atoms with Gasteiger partial charge in [-0.05, 0) is 37.8 Å². The molecule has 0 amide bonds. The summed E-state index contributed by atoms with van der Waals surface area (Å²) in [4.78, 5) is 4.78. The molecule has 152 valence electrons. The number of aliphatic hydroxyl groups excluding tert-OH is 1. The summed E-state index contributed by atoms with van der Waals surface area (Å²) in [5, 5.41) is 20.9. The van der Waals surface area contributed by atoms with Gasteiger partial charge in [0.2, 0.25) is 0 Å². The normalized spacial score (nSPS) is 25.5. The van der Waals surface area contributed by atoms with Gasteiger partial charge in [-0.2, -0.15) is 10.2 Å². The van der Waals surface area contributed by atoms with Crippen molar-refractivity contribution in [1.29, 1.82) is 0 Å².